The fraction of sp³-hybridized carbons (Fsp3) is 0.345. The van der Waals surface area contributed by atoms with Crippen LogP contribution in [0.5, 0.6) is 28.7 Å². The van der Waals surface area contributed by atoms with Gasteiger partial charge in [-0.25, -0.2) is 0 Å². The Kier molecular flexibility index (Phi) is 5.83. The zero-order chi connectivity index (χ0) is 25.6. The number of carbonyl (C=O) groups is 1. The standard InChI is InChI=1S/C29H28O8/c1-31-25-11-19(12-26(32-2)27(25)33-3)29-21-13-24-23(35-16-36-24)10-18(21)9-20(28(30)37-29)22(29)15-34-14-17-7-5-4-6-8-17/h4-8,10-13,20,22H,9,14-16H2,1-3H3/t20-,22+,29+/m1/s1. The minimum Gasteiger partial charge on any atom is -0.493 e. The molecule has 0 spiro atoms. The lowest BCUT2D eigenvalue weighted by molar-refractivity contribution is -0.148. The summed E-state index contributed by atoms with van der Waals surface area (Å²) in [5.74, 6) is 1.76. The van der Waals surface area contributed by atoms with Crippen LogP contribution >= 0.6 is 0 Å². The van der Waals surface area contributed by atoms with Gasteiger partial charge in [-0.2, -0.15) is 0 Å². The second kappa shape index (κ2) is 9.19. The third kappa shape index (κ3) is 3.66. The van der Waals surface area contributed by atoms with Crippen molar-refractivity contribution < 1.29 is 38.0 Å². The van der Waals surface area contributed by atoms with Crippen molar-refractivity contribution >= 4 is 5.97 Å². The second-order valence-electron chi connectivity index (χ2n) is 9.35. The van der Waals surface area contributed by atoms with E-state index in [1.165, 1.54) is 0 Å². The van der Waals surface area contributed by atoms with Gasteiger partial charge in [0.2, 0.25) is 12.5 Å². The SMILES string of the molecule is COc1cc([C@]23OC(=O)[C@H](Cc4cc5c(cc42)OCO5)[C@@H]3COCc2ccccc2)cc(OC)c1OC. The Balaban J connectivity index is 1.50. The molecule has 0 aromatic heterocycles. The molecule has 1 aliphatic carbocycles. The predicted octanol–water partition coefficient (Wildman–Crippen LogP) is 4.25. The van der Waals surface area contributed by atoms with Crippen molar-refractivity contribution in [2.75, 3.05) is 34.7 Å². The van der Waals surface area contributed by atoms with Crippen molar-refractivity contribution in [3.8, 4) is 28.7 Å². The molecule has 2 aliphatic heterocycles. The summed E-state index contributed by atoms with van der Waals surface area (Å²) in [4.78, 5) is 13.4. The van der Waals surface area contributed by atoms with Gasteiger partial charge in [0.25, 0.3) is 0 Å². The highest BCUT2D eigenvalue weighted by atomic mass is 16.7. The number of hydrogen-bond donors (Lipinski definition) is 0. The van der Waals surface area contributed by atoms with Crippen LogP contribution in [0, 0.1) is 11.8 Å². The molecule has 2 bridgehead atoms. The van der Waals surface area contributed by atoms with Crippen molar-refractivity contribution in [2.45, 2.75) is 18.6 Å². The normalized spacial score (nSPS) is 22.8. The van der Waals surface area contributed by atoms with Crippen LogP contribution in [-0.4, -0.2) is 40.7 Å². The van der Waals surface area contributed by atoms with Gasteiger partial charge in [-0.05, 0) is 41.8 Å². The van der Waals surface area contributed by atoms with Crippen LogP contribution in [0.25, 0.3) is 0 Å². The fourth-order valence-corrected chi connectivity index (χ4v) is 5.81. The summed E-state index contributed by atoms with van der Waals surface area (Å²) in [6, 6.07) is 17.5. The summed E-state index contributed by atoms with van der Waals surface area (Å²) in [5.41, 5.74) is 2.46. The van der Waals surface area contributed by atoms with E-state index in [1.54, 1.807) is 21.3 Å². The maximum absolute atomic E-state index is 13.4. The summed E-state index contributed by atoms with van der Waals surface area (Å²) in [6.07, 6.45) is 0.524. The Labute approximate surface area is 214 Å². The van der Waals surface area contributed by atoms with E-state index in [4.69, 9.17) is 33.2 Å². The summed E-state index contributed by atoms with van der Waals surface area (Å²) < 4.78 is 40.8. The highest BCUT2D eigenvalue weighted by Gasteiger charge is 2.62. The molecule has 2 heterocycles. The van der Waals surface area contributed by atoms with Crippen molar-refractivity contribution in [1.82, 2.24) is 0 Å². The Morgan fingerprint density at radius 3 is 2.30 bits per heavy atom. The molecule has 3 aromatic carbocycles. The molecule has 0 radical (unpaired) electrons. The van der Waals surface area contributed by atoms with Crippen LogP contribution < -0.4 is 23.7 Å². The van der Waals surface area contributed by atoms with Gasteiger partial charge in [0, 0.05) is 17.0 Å². The molecule has 1 fully saturated rings. The van der Waals surface area contributed by atoms with Crippen LogP contribution in [0.3, 0.4) is 0 Å². The molecule has 8 heteroatoms. The zero-order valence-electron chi connectivity index (χ0n) is 20.9. The molecular weight excluding hydrogens is 476 g/mol. The molecule has 37 heavy (non-hydrogen) atoms. The van der Waals surface area contributed by atoms with Crippen LogP contribution in [0.4, 0.5) is 0 Å². The first-order valence-corrected chi connectivity index (χ1v) is 12.2. The smallest absolute Gasteiger partial charge is 0.311 e. The molecule has 0 saturated carbocycles. The third-order valence-corrected chi connectivity index (χ3v) is 7.51. The first kappa shape index (κ1) is 23.5. The molecule has 1 saturated heterocycles. The molecule has 0 unspecified atom stereocenters. The average Bonchev–Trinajstić information content (AvgIpc) is 3.46. The Bertz CT molecular complexity index is 1310. The zero-order valence-corrected chi connectivity index (χ0v) is 20.9. The fourth-order valence-electron chi connectivity index (χ4n) is 5.81. The molecule has 3 aromatic rings. The summed E-state index contributed by atoms with van der Waals surface area (Å²) in [6.45, 7) is 0.898. The first-order chi connectivity index (χ1) is 18.1. The van der Waals surface area contributed by atoms with Gasteiger partial charge in [-0.15, -0.1) is 0 Å². The van der Waals surface area contributed by atoms with Crippen molar-refractivity contribution in [2.24, 2.45) is 11.8 Å². The minimum absolute atomic E-state index is 0.155. The number of benzene rings is 3. The summed E-state index contributed by atoms with van der Waals surface area (Å²) in [5, 5.41) is 0. The average molecular weight is 505 g/mol. The number of hydrogen-bond acceptors (Lipinski definition) is 8. The van der Waals surface area contributed by atoms with Crippen LogP contribution in [0.1, 0.15) is 22.3 Å². The topological polar surface area (TPSA) is 81.7 Å². The quantitative estimate of drug-likeness (QED) is 0.422. The highest BCUT2D eigenvalue weighted by Crippen LogP contribution is 2.58. The lowest BCUT2D eigenvalue weighted by atomic mass is 9.65. The monoisotopic (exact) mass is 504 g/mol. The predicted molar refractivity (Wildman–Crippen MR) is 132 cm³/mol. The Hall–Kier alpha value is -3.91. The van der Waals surface area contributed by atoms with E-state index in [-0.39, 0.29) is 24.6 Å². The van der Waals surface area contributed by atoms with Gasteiger partial charge >= 0.3 is 5.97 Å². The first-order valence-electron chi connectivity index (χ1n) is 12.2. The largest absolute Gasteiger partial charge is 0.493 e. The van der Waals surface area contributed by atoms with Gasteiger partial charge < -0.3 is 33.2 Å². The van der Waals surface area contributed by atoms with E-state index in [0.717, 1.165) is 16.7 Å². The van der Waals surface area contributed by atoms with Gasteiger partial charge in [-0.3, -0.25) is 4.79 Å². The Morgan fingerprint density at radius 2 is 1.62 bits per heavy atom. The van der Waals surface area contributed by atoms with E-state index in [9.17, 15) is 4.79 Å². The molecule has 0 N–H and O–H groups in total. The van der Waals surface area contributed by atoms with E-state index < -0.39 is 5.60 Å². The molecule has 6 rings (SSSR count). The molecule has 8 nitrogen and oxygen atoms in total. The maximum atomic E-state index is 13.4. The molecule has 3 aliphatic rings. The molecule has 192 valence electrons. The lowest BCUT2D eigenvalue weighted by Crippen LogP contribution is -2.42. The van der Waals surface area contributed by atoms with E-state index in [2.05, 4.69) is 0 Å². The molecule has 3 atom stereocenters. The van der Waals surface area contributed by atoms with Crippen molar-refractivity contribution in [1.29, 1.82) is 0 Å². The van der Waals surface area contributed by atoms with Gasteiger partial charge in [0.15, 0.2) is 28.6 Å². The summed E-state index contributed by atoms with van der Waals surface area (Å²) >= 11 is 0. The molecular formula is C29H28O8. The van der Waals surface area contributed by atoms with Crippen molar-refractivity contribution in [3.63, 3.8) is 0 Å². The Morgan fingerprint density at radius 1 is 0.919 bits per heavy atom. The van der Waals surface area contributed by atoms with Crippen LogP contribution in [0.15, 0.2) is 54.6 Å². The van der Waals surface area contributed by atoms with Crippen molar-refractivity contribution in [3.05, 3.63) is 76.9 Å². The number of ether oxygens (including phenoxy) is 7. The number of rotatable bonds is 8. The number of carbonyl (C=O) groups excluding carboxylic acids is 1. The maximum Gasteiger partial charge on any atom is 0.311 e. The van der Waals surface area contributed by atoms with Gasteiger partial charge in [0.1, 0.15) is 0 Å². The minimum atomic E-state index is -1.14. The van der Waals surface area contributed by atoms with Crippen LogP contribution in [-0.2, 0) is 32.9 Å². The van der Waals surface area contributed by atoms with Crippen LogP contribution in [0.2, 0.25) is 0 Å². The van der Waals surface area contributed by atoms with E-state index in [1.807, 2.05) is 54.6 Å². The lowest BCUT2D eigenvalue weighted by Gasteiger charge is -2.40. The third-order valence-electron chi connectivity index (χ3n) is 7.51. The highest BCUT2D eigenvalue weighted by molar-refractivity contribution is 5.80. The second-order valence-corrected chi connectivity index (χ2v) is 9.35. The number of esters is 1. The van der Waals surface area contributed by atoms with E-state index in [0.29, 0.717) is 53.9 Å². The van der Waals surface area contributed by atoms with E-state index >= 15 is 0 Å². The summed E-state index contributed by atoms with van der Waals surface area (Å²) in [7, 11) is 4.69. The number of fused-ring (bicyclic) bond motifs is 5. The molecule has 0 amide bonds. The number of methoxy groups -OCH3 is 3. The van der Waals surface area contributed by atoms with Gasteiger partial charge in [0.05, 0.1) is 40.5 Å². The van der Waals surface area contributed by atoms with Gasteiger partial charge in [-0.1, -0.05) is 30.3 Å².